The molecule has 4 nitrogen and oxygen atoms in total. The molecule has 0 fully saturated rings. The molecule has 1 aromatic heterocycles. The number of rotatable bonds is 3. The van der Waals surface area contributed by atoms with Crippen LogP contribution < -0.4 is 63.5 Å². The van der Waals surface area contributed by atoms with Gasteiger partial charge in [-0.15, -0.1) is 0 Å². The van der Waals surface area contributed by atoms with Crippen LogP contribution in [-0.4, -0.2) is 18.1 Å². The summed E-state index contributed by atoms with van der Waals surface area (Å²) in [4.78, 5) is 11.4. The van der Waals surface area contributed by atoms with Gasteiger partial charge in [0.1, 0.15) is 0 Å². The van der Waals surface area contributed by atoms with Gasteiger partial charge in [0.15, 0.2) is 0 Å². The van der Waals surface area contributed by atoms with E-state index in [0.717, 1.165) is 29.7 Å². The first-order valence-electron chi connectivity index (χ1n) is 5.08. The van der Waals surface area contributed by atoms with E-state index in [1.807, 2.05) is 0 Å². The van der Waals surface area contributed by atoms with Crippen LogP contribution in [0.25, 0.3) is 0 Å². The van der Waals surface area contributed by atoms with Gasteiger partial charge in [-0.3, -0.25) is 0 Å². The van der Waals surface area contributed by atoms with E-state index in [2.05, 4.69) is 11.4 Å². The fourth-order valence-electron chi connectivity index (χ4n) is 2.06. The SMILES string of the molecule is N#Cc1c(N[C-]=O)sc2c1CCC(CO)C2.[Rb+]. The second-order valence-corrected chi connectivity index (χ2v) is 4.94. The molecule has 1 heterocycles. The van der Waals surface area contributed by atoms with Crippen LogP contribution in [0.1, 0.15) is 22.4 Å². The van der Waals surface area contributed by atoms with Crippen LogP contribution in [0.4, 0.5) is 5.00 Å². The van der Waals surface area contributed by atoms with Gasteiger partial charge in [-0.05, 0) is 40.6 Å². The topological polar surface area (TPSA) is 73.1 Å². The van der Waals surface area contributed by atoms with Gasteiger partial charge in [0.2, 0.25) is 0 Å². The summed E-state index contributed by atoms with van der Waals surface area (Å²) in [6, 6.07) is 2.13. The normalized spacial score (nSPS) is 17.5. The van der Waals surface area contributed by atoms with Crippen molar-refractivity contribution < 1.29 is 68.1 Å². The zero-order chi connectivity index (χ0) is 11.5. The molecule has 84 valence electrons. The molecular weight excluding hydrogens is 310 g/mol. The maximum atomic E-state index is 10.3. The van der Waals surface area contributed by atoms with Crippen molar-refractivity contribution in [3.63, 3.8) is 0 Å². The number of amides is 1. The number of aliphatic hydroxyl groups excluding tert-OH is 1. The molecule has 1 amide bonds. The van der Waals surface area contributed by atoms with Crippen molar-refractivity contribution in [1.29, 1.82) is 5.26 Å². The largest absolute Gasteiger partial charge is 1.00 e. The van der Waals surface area contributed by atoms with E-state index < -0.39 is 0 Å². The summed E-state index contributed by atoms with van der Waals surface area (Å²) in [5.41, 5.74) is 1.61. The van der Waals surface area contributed by atoms with Crippen LogP contribution >= 0.6 is 11.3 Å². The van der Waals surface area contributed by atoms with Crippen LogP contribution in [0, 0.1) is 17.2 Å². The number of anilines is 1. The standard InChI is InChI=1S/C11H11N2O2S.Rb/c12-4-9-8-2-1-7(5-14)3-10(8)16-11(9)13-6-15;/h7,14H,1-3,5H2,(H,13,15);/q-1;+1. The molecule has 0 spiro atoms. The van der Waals surface area contributed by atoms with Gasteiger partial charge in [0.05, 0.1) is 12.5 Å². The minimum absolute atomic E-state index is 0. The molecule has 1 aliphatic carbocycles. The maximum absolute atomic E-state index is 10.3. The number of aliphatic hydroxyl groups is 1. The van der Waals surface area contributed by atoms with E-state index in [0.29, 0.717) is 10.6 Å². The van der Waals surface area contributed by atoms with E-state index in [9.17, 15) is 4.79 Å². The quantitative estimate of drug-likeness (QED) is 0.510. The summed E-state index contributed by atoms with van der Waals surface area (Å²) in [6.45, 7) is 0.182. The van der Waals surface area contributed by atoms with E-state index in [1.165, 1.54) is 11.3 Å². The fraction of sp³-hybridized carbons (Fsp3) is 0.455. The van der Waals surface area contributed by atoms with Gasteiger partial charge in [0, 0.05) is 12.2 Å². The summed E-state index contributed by atoms with van der Waals surface area (Å²) >= 11 is 1.42. The zero-order valence-corrected chi connectivity index (χ0v) is 15.3. The summed E-state index contributed by atoms with van der Waals surface area (Å²) in [5, 5.41) is 21.2. The first-order valence-corrected chi connectivity index (χ1v) is 5.90. The van der Waals surface area contributed by atoms with Gasteiger partial charge in [-0.25, -0.2) is 11.3 Å². The number of nitrogens with zero attached hydrogens (tertiary/aromatic N) is 1. The summed E-state index contributed by atoms with van der Waals surface area (Å²) in [6.07, 6.45) is 4.11. The van der Waals surface area contributed by atoms with Crippen LogP contribution in [0.5, 0.6) is 0 Å². The van der Waals surface area contributed by atoms with Crippen molar-refractivity contribution in [2.75, 3.05) is 11.9 Å². The van der Waals surface area contributed by atoms with Crippen LogP contribution in [0.2, 0.25) is 0 Å². The van der Waals surface area contributed by atoms with E-state index in [-0.39, 0.29) is 70.7 Å². The predicted octanol–water partition coefficient (Wildman–Crippen LogP) is -1.80. The zero-order valence-electron chi connectivity index (χ0n) is 9.62. The van der Waals surface area contributed by atoms with Gasteiger partial charge < -0.3 is 15.2 Å². The Morgan fingerprint density at radius 2 is 2.41 bits per heavy atom. The Morgan fingerprint density at radius 1 is 1.65 bits per heavy atom. The second kappa shape index (κ2) is 7.12. The monoisotopic (exact) mass is 320 g/mol. The molecule has 0 saturated heterocycles. The molecular formula is C11H11N2O2RbS. The van der Waals surface area contributed by atoms with Gasteiger partial charge in [0.25, 0.3) is 0 Å². The number of thiophene rings is 1. The van der Waals surface area contributed by atoms with Crippen molar-refractivity contribution >= 4 is 22.7 Å². The number of hydrogen-bond acceptors (Lipinski definition) is 4. The Labute approximate surface area is 153 Å². The molecule has 0 radical (unpaired) electrons. The summed E-state index contributed by atoms with van der Waals surface area (Å²) < 4.78 is 0. The number of carbonyl (C=O) groups excluding carboxylic acids is 1. The average molecular weight is 321 g/mol. The average Bonchev–Trinajstić information content (AvgIpc) is 2.65. The Hall–Kier alpha value is 0.425. The maximum Gasteiger partial charge on any atom is 1.00 e. The number of hydrogen-bond donors (Lipinski definition) is 2. The van der Waals surface area contributed by atoms with E-state index in [4.69, 9.17) is 10.4 Å². The predicted molar refractivity (Wildman–Crippen MR) is 61.0 cm³/mol. The molecule has 2 N–H and O–H groups in total. The van der Waals surface area contributed by atoms with Gasteiger partial charge in [-0.1, -0.05) is 0 Å². The van der Waals surface area contributed by atoms with Crippen LogP contribution in [0.3, 0.4) is 0 Å². The third-order valence-corrected chi connectivity index (χ3v) is 4.07. The first-order chi connectivity index (χ1) is 7.80. The number of nitrogens with one attached hydrogen (secondary N) is 1. The Kier molecular flexibility index (Phi) is 6.49. The van der Waals surface area contributed by atoms with Crippen molar-refractivity contribution in [1.82, 2.24) is 0 Å². The Morgan fingerprint density at radius 3 is 3.00 bits per heavy atom. The molecule has 2 rings (SSSR count). The molecule has 6 heteroatoms. The Balaban J connectivity index is 0.00000144. The fourth-order valence-corrected chi connectivity index (χ4v) is 3.32. The molecule has 1 atom stereocenters. The van der Waals surface area contributed by atoms with E-state index in [1.54, 1.807) is 6.41 Å². The minimum Gasteiger partial charge on any atom is -0.481 e. The Bertz CT molecular complexity index is 453. The van der Waals surface area contributed by atoms with Crippen molar-refractivity contribution in [2.45, 2.75) is 19.3 Å². The molecule has 1 aliphatic rings. The van der Waals surface area contributed by atoms with Crippen molar-refractivity contribution in [2.24, 2.45) is 5.92 Å². The summed E-state index contributed by atoms with van der Waals surface area (Å²) in [5.74, 6) is 0.283. The molecule has 17 heavy (non-hydrogen) atoms. The molecule has 1 unspecified atom stereocenters. The molecule has 0 aliphatic heterocycles. The number of fused-ring (bicyclic) bond motifs is 1. The second-order valence-electron chi connectivity index (χ2n) is 3.84. The third kappa shape index (κ3) is 3.25. The molecule has 1 aromatic rings. The summed E-state index contributed by atoms with van der Waals surface area (Å²) in [7, 11) is 0. The van der Waals surface area contributed by atoms with Crippen molar-refractivity contribution in [3.05, 3.63) is 16.0 Å². The minimum atomic E-state index is 0. The van der Waals surface area contributed by atoms with Gasteiger partial charge in [-0.2, -0.15) is 5.26 Å². The van der Waals surface area contributed by atoms with Crippen LogP contribution in [-0.2, 0) is 17.6 Å². The molecule has 0 bridgehead atoms. The van der Waals surface area contributed by atoms with Crippen LogP contribution in [0.15, 0.2) is 0 Å². The van der Waals surface area contributed by atoms with Crippen molar-refractivity contribution in [3.8, 4) is 6.07 Å². The molecule has 0 aromatic carbocycles. The van der Waals surface area contributed by atoms with E-state index >= 15 is 0 Å². The number of nitriles is 1. The molecule has 0 saturated carbocycles. The third-order valence-electron chi connectivity index (χ3n) is 2.90. The smallest absolute Gasteiger partial charge is 0.481 e. The van der Waals surface area contributed by atoms with Gasteiger partial charge >= 0.3 is 58.2 Å². The first kappa shape index (κ1) is 15.5.